The number of amides is 1. The van der Waals surface area contributed by atoms with Crippen molar-refractivity contribution in [2.24, 2.45) is 0 Å². The van der Waals surface area contributed by atoms with Crippen molar-refractivity contribution >= 4 is 44.7 Å². The number of methoxy groups -OCH3 is 1. The molecular formula is C14H15BrN2O2S. The van der Waals surface area contributed by atoms with Crippen LogP contribution in [0.2, 0.25) is 0 Å². The zero-order valence-corrected chi connectivity index (χ0v) is 13.6. The third-order valence-electron chi connectivity index (χ3n) is 2.69. The topological polar surface area (TPSA) is 50.4 Å². The summed E-state index contributed by atoms with van der Waals surface area (Å²) in [7, 11) is 1.34. The van der Waals surface area contributed by atoms with Crippen LogP contribution in [-0.2, 0) is 11.3 Å². The number of halogens is 1. The third kappa shape index (κ3) is 3.98. The van der Waals surface area contributed by atoms with Gasteiger partial charge in [0, 0.05) is 32.1 Å². The summed E-state index contributed by atoms with van der Waals surface area (Å²) in [5.41, 5.74) is 1.71. The second-order valence-corrected chi connectivity index (χ2v) is 6.36. The lowest BCUT2D eigenvalue weighted by atomic mass is 10.3. The molecule has 0 unspecified atom stereocenters. The number of aryl methyl sites for hydroxylation is 1. The lowest BCUT2D eigenvalue weighted by molar-refractivity contribution is 0.187. The molecule has 106 valence electrons. The van der Waals surface area contributed by atoms with E-state index in [0.717, 1.165) is 16.7 Å². The molecule has 2 rings (SSSR count). The fourth-order valence-corrected chi connectivity index (χ4v) is 3.18. The summed E-state index contributed by atoms with van der Waals surface area (Å²) in [6.07, 6.45) is -0.468. The maximum atomic E-state index is 11.1. The molecule has 2 N–H and O–H groups in total. The molecule has 0 spiro atoms. The number of nitrogens with one attached hydrogen (secondary N) is 2. The van der Waals surface area contributed by atoms with Crippen LogP contribution in [0.3, 0.4) is 0 Å². The van der Waals surface area contributed by atoms with Crippen molar-refractivity contribution in [3.8, 4) is 0 Å². The predicted octanol–water partition coefficient (Wildman–Crippen LogP) is 4.61. The first-order valence-corrected chi connectivity index (χ1v) is 7.63. The second-order valence-electron chi connectivity index (χ2n) is 4.16. The molecule has 0 saturated carbocycles. The van der Waals surface area contributed by atoms with Gasteiger partial charge < -0.3 is 10.1 Å². The molecule has 0 fully saturated rings. The number of hydrogen-bond donors (Lipinski definition) is 2. The molecule has 1 aromatic carbocycles. The fraction of sp³-hybridized carbons (Fsp3) is 0.214. The number of thiophene rings is 1. The summed E-state index contributed by atoms with van der Waals surface area (Å²) < 4.78 is 5.68. The smallest absolute Gasteiger partial charge is 0.411 e. The lowest BCUT2D eigenvalue weighted by Gasteiger charge is -2.07. The molecule has 1 amide bonds. The minimum atomic E-state index is -0.468. The lowest BCUT2D eigenvalue weighted by Crippen LogP contribution is -2.10. The minimum Gasteiger partial charge on any atom is -0.453 e. The van der Waals surface area contributed by atoms with E-state index < -0.39 is 6.09 Å². The van der Waals surface area contributed by atoms with Gasteiger partial charge in [0.25, 0.3) is 0 Å². The van der Waals surface area contributed by atoms with E-state index in [1.165, 1.54) is 16.9 Å². The van der Waals surface area contributed by atoms with Crippen LogP contribution in [0.4, 0.5) is 16.2 Å². The van der Waals surface area contributed by atoms with Crippen molar-refractivity contribution in [1.82, 2.24) is 0 Å². The Balaban J connectivity index is 1.92. The molecule has 2 aromatic rings. The fourth-order valence-electron chi connectivity index (χ4n) is 1.63. The molecule has 0 bridgehead atoms. The molecule has 1 aromatic heterocycles. The van der Waals surface area contributed by atoms with E-state index >= 15 is 0 Å². The van der Waals surface area contributed by atoms with Crippen LogP contribution in [0.5, 0.6) is 0 Å². The Hall–Kier alpha value is -1.53. The van der Waals surface area contributed by atoms with Crippen LogP contribution in [-0.4, -0.2) is 13.2 Å². The van der Waals surface area contributed by atoms with Gasteiger partial charge in [0.15, 0.2) is 0 Å². The van der Waals surface area contributed by atoms with Gasteiger partial charge in [0.2, 0.25) is 0 Å². The molecule has 0 aliphatic rings. The van der Waals surface area contributed by atoms with Crippen LogP contribution in [0, 0.1) is 6.92 Å². The Kier molecular flexibility index (Phi) is 5.03. The SMILES string of the molecule is COC(=O)Nc1ccc(NCc2cc(Br)c(C)s2)cc1. The standard InChI is InChI=1S/C14H15BrN2O2S/c1-9-13(15)7-12(20-9)8-16-10-3-5-11(6-4-10)17-14(18)19-2/h3-7,16H,8H2,1-2H3,(H,17,18). The molecule has 0 atom stereocenters. The highest BCUT2D eigenvalue weighted by molar-refractivity contribution is 9.10. The van der Waals surface area contributed by atoms with Gasteiger partial charge in [-0.1, -0.05) is 0 Å². The first-order chi connectivity index (χ1) is 9.58. The molecule has 4 nitrogen and oxygen atoms in total. The van der Waals surface area contributed by atoms with Gasteiger partial charge >= 0.3 is 6.09 Å². The largest absolute Gasteiger partial charge is 0.453 e. The van der Waals surface area contributed by atoms with Crippen molar-refractivity contribution in [1.29, 1.82) is 0 Å². The van der Waals surface area contributed by atoms with Crippen molar-refractivity contribution in [2.75, 3.05) is 17.7 Å². The van der Waals surface area contributed by atoms with Gasteiger partial charge in [0.05, 0.1) is 7.11 Å². The number of carbonyl (C=O) groups is 1. The summed E-state index contributed by atoms with van der Waals surface area (Å²) in [6, 6.07) is 9.62. The Labute approximate surface area is 130 Å². The quantitative estimate of drug-likeness (QED) is 0.842. The molecule has 0 radical (unpaired) electrons. The number of ether oxygens (including phenoxy) is 1. The highest BCUT2D eigenvalue weighted by atomic mass is 79.9. The predicted molar refractivity (Wildman–Crippen MR) is 86.6 cm³/mol. The van der Waals surface area contributed by atoms with E-state index in [1.54, 1.807) is 11.3 Å². The number of rotatable bonds is 4. The normalized spacial score (nSPS) is 10.2. The van der Waals surface area contributed by atoms with Crippen molar-refractivity contribution in [3.05, 3.63) is 44.6 Å². The number of hydrogen-bond acceptors (Lipinski definition) is 4. The summed E-state index contributed by atoms with van der Waals surface area (Å²) in [4.78, 5) is 13.6. The summed E-state index contributed by atoms with van der Waals surface area (Å²) in [6.45, 7) is 2.87. The van der Waals surface area contributed by atoms with Crippen LogP contribution in [0.15, 0.2) is 34.8 Å². The monoisotopic (exact) mass is 354 g/mol. The van der Waals surface area contributed by atoms with Gasteiger partial charge in [0.1, 0.15) is 0 Å². The highest BCUT2D eigenvalue weighted by Crippen LogP contribution is 2.27. The average molecular weight is 355 g/mol. The zero-order valence-electron chi connectivity index (χ0n) is 11.2. The summed E-state index contributed by atoms with van der Waals surface area (Å²) in [5, 5.41) is 5.95. The zero-order chi connectivity index (χ0) is 14.5. The minimum absolute atomic E-state index is 0.468. The summed E-state index contributed by atoms with van der Waals surface area (Å²) in [5.74, 6) is 0. The maximum Gasteiger partial charge on any atom is 0.411 e. The van der Waals surface area contributed by atoms with E-state index in [4.69, 9.17) is 0 Å². The van der Waals surface area contributed by atoms with E-state index in [9.17, 15) is 4.79 Å². The molecule has 20 heavy (non-hydrogen) atoms. The van der Waals surface area contributed by atoms with Gasteiger partial charge in [-0.3, -0.25) is 5.32 Å². The third-order valence-corrected chi connectivity index (χ3v) is 4.83. The van der Waals surface area contributed by atoms with Crippen molar-refractivity contribution in [2.45, 2.75) is 13.5 Å². The van der Waals surface area contributed by atoms with Crippen molar-refractivity contribution in [3.63, 3.8) is 0 Å². The molecule has 6 heteroatoms. The summed E-state index contributed by atoms with van der Waals surface area (Å²) >= 11 is 5.28. The Morgan fingerprint density at radius 3 is 2.50 bits per heavy atom. The number of carbonyl (C=O) groups excluding carboxylic acids is 1. The van der Waals surface area contributed by atoms with Crippen LogP contribution in [0.1, 0.15) is 9.75 Å². The highest BCUT2D eigenvalue weighted by Gasteiger charge is 2.03. The first-order valence-electron chi connectivity index (χ1n) is 6.02. The van der Waals surface area contributed by atoms with E-state index in [-0.39, 0.29) is 0 Å². The second kappa shape index (κ2) is 6.76. The Morgan fingerprint density at radius 2 is 1.95 bits per heavy atom. The van der Waals surface area contributed by atoms with E-state index in [0.29, 0.717) is 5.69 Å². The molecule has 0 saturated heterocycles. The Morgan fingerprint density at radius 1 is 1.30 bits per heavy atom. The first kappa shape index (κ1) is 14.9. The van der Waals surface area contributed by atoms with E-state index in [2.05, 4.69) is 44.3 Å². The molecule has 1 heterocycles. The van der Waals surface area contributed by atoms with Crippen molar-refractivity contribution < 1.29 is 9.53 Å². The Bertz CT molecular complexity index is 576. The van der Waals surface area contributed by atoms with Gasteiger partial charge in [-0.15, -0.1) is 11.3 Å². The average Bonchev–Trinajstić information content (AvgIpc) is 2.77. The molecule has 0 aliphatic carbocycles. The molecule has 0 aliphatic heterocycles. The molecular weight excluding hydrogens is 340 g/mol. The number of benzene rings is 1. The van der Waals surface area contributed by atoms with Gasteiger partial charge in [-0.2, -0.15) is 0 Å². The van der Waals surface area contributed by atoms with Crippen LogP contribution >= 0.6 is 27.3 Å². The van der Waals surface area contributed by atoms with Crippen LogP contribution < -0.4 is 10.6 Å². The van der Waals surface area contributed by atoms with Crippen LogP contribution in [0.25, 0.3) is 0 Å². The van der Waals surface area contributed by atoms with Gasteiger partial charge in [-0.05, 0) is 53.2 Å². The maximum absolute atomic E-state index is 11.1. The van der Waals surface area contributed by atoms with E-state index in [1.807, 2.05) is 24.3 Å². The van der Waals surface area contributed by atoms with Gasteiger partial charge in [-0.25, -0.2) is 4.79 Å². The number of anilines is 2.